The van der Waals surface area contributed by atoms with Crippen molar-refractivity contribution in [1.29, 1.82) is 0 Å². The van der Waals surface area contributed by atoms with Crippen molar-refractivity contribution in [3.8, 4) is 0 Å². The van der Waals surface area contributed by atoms with E-state index in [-0.39, 0.29) is 17.4 Å². The summed E-state index contributed by atoms with van der Waals surface area (Å²) in [6, 6.07) is 5.96. The first-order valence-electron chi connectivity index (χ1n) is 7.20. The van der Waals surface area contributed by atoms with E-state index in [1.807, 2.05) is 25.1 Å². The van der Waals surface area contributed by atoms with Gasteiger partial charge in [-0.2, -0.15) is 0 Å². The third-order valence-electron chi connectivity index (χ3n) is 3.46. The fourth-order valence-electron chi connectivity index (χ4n) is 2.25. The van der Waals surface area contributed by atoms with Gasteiger partial charge in [0.1, 0.15) is 0 Å². The van der Waals surface area contributed by atoms with Crippen molar-refractivity contribution in [3.05, 3.63) is 47.0 Å². The number of aryl methyl sites for hydroxylation is 1. The summed E-state index contributed by atoms with van der Waals surface area (Å²) < 4.78 is 0. The van der Waals surface area contributed by atoms with Gasteiger partial charge in [0.15, 0.2) is 5.78 Å². The van der Waals surface area contributed by atoms with Gasteiger partial charge in [-0.05, 0) is 55.8 Å². The molecule has 5 heteroatoms. The highest BCUT2D eigenvalue weighted by Crippen LogP contribution is 2.26. The van der Waals surface area contributed by atoms with Crippen LogP contribution in [-0.4, -0.2) is 36.3 Å². The number of carbonyl (C=O) groups is 1. The van der Waals surface area contributed by atoms with E-state index in [9.17, 15) is 4.79 Å². The van der Waals surface area contributed by atoms with Crippen molar-refractivity contribution in [2.75, 3.05) is 24.6 Å². The van der Waals surface area contributed by atoms with Gasteiger partial charge in [-0.25, -0.2) is 4.99 Å². The van der Waals surface area contributed by atoms with Crippen LogP contribution in [0.25, 0.3) is 0 Å². The largest absolute Gasteiger partial charge is 0.395 e. The second-order valence-electron chi connectivity index (χ2n) is 5.00. The number of benzene rings is 1. The number of anilines is 1. The molecule has 2 rings (SSSR count). The van der Waals surface area contributed by atoms with Crippen LogP contribution >= 0.6 is 11.6 Å². The molecule has 116 valence electrons. The lowest BCUT2D eigenvalue weighted by Gasteiger charge is -2.22. The standard InChI is InChI=1S/C17H19ClN2O2/c1-3-20(8-9-21)14-5-6-16(12(2)10-14)19-13-4-7-17(22)15(18)11-13/h4-7,10-11,21H,3,8-9H2,1-2H3/b19-13-. The van der Waals surface area contributed by atoms with Gasteiger partial charge in [-0.1, -0.05) is 11.6 Å². The van der Waals surface area contributed by atoms with E-state index in [1.54, 1.807) is 12.2 Å². The summed E-state index contributed by atoms with van der Waals surface area (Å²) >= 11 is 5.84. The maximum Gasteiger partial charge on any atom is 0.197 e. The molecular weight excluding hydrogens is 300 g/mol. The molecule has 1 N–H and O–H groups in total. The summed E-state index contributed by atoms with van der Waals surface area (Å²) in [4.78, 5) is 17.9. The Balaban J connectivity index is 2.27. The van der Waals surface area contributed by atoms with E-state index in [0.717, 1.165) is 23.5 Å². The molecule has 22 heavy (non-hydrogen) atoms. The minimum Gasteiger partial charge on any atom is -0.395 e. The number of aliphatic hydroxyl groups is 1. The molecule has 0 heterocycles. The van der Waals surface area contributed by atoms with Crippen LogP contribution in [0.2, 0.25) is 0 Å². The summed E-state index contributed by atoms with van der Waals surface area (Å²) in [5.41, 5.74) is 3.57. The molecule has 0 radical (unpaired) electrons. The third kappa shape index (κ3) is 3.84. The second kappa shape index (κ2) is 7.38. The van der Waals surface area contributed by atoms with Gasteiger partial charge in [0, 0.05) is 18.8 Å². The molecule has 0 spiro atoms. The number of rotatable bonds is 5. The van der Waals surface area contributed by atoms with Crippen LogP contribution in [0.3, 0.4) is 0 Å². The Bertz CT molecular complexity index is 663. The number of allylic oxidation sites excluding steroid dienone is 4. The predicted molar refractivity (Wildman–Crippen MR) is 91.3 cm³/mol. The van der Waals surface area contributed by atoms with E-state index in [2.05, 4.69) is 16.8 Å². The number of halogens is 1. The van der Waals surface area contributed by atoms with Crippen molar-refractivity contribution in [1.82, 2.24) is 0 Å². The number of aliphatic hydroxyl groups excluding tert-OH is 1. The average molecular weight is 319 g/mol. The summed E-state index contributed by atoms with van der Waals surface area (Å²) in [5, 5.41) is 9.27. The first kappa shape index (κ1) is 16.5. The lowest BCUT2D eigenvalue weighted by molar-refractivity contribution is -0.110. The topological polar surface area (TPSA) is 52.9 Å². The van der Waals surface area contributed by atoms with Crippen LogP contribution in [0.1, 0.15) is 12.5 Å². The number of aliphatic imine (C=N–C) groups is 1. The lowest BCUT2D eigenvalue weighted by atomic mass is 10.1. The molecule has 4 nitrogen and oxygen atoms in total. The first-order valence-corrected chi connectivity index (χ1v) is 7.57. The summed E-state index contributed by atoms with van der Waals surface area (Å²) in [5.74, 6) is -0.199. The lowest BCUT2D eigenvalue weighted by Crippen LogP contribution is -2.26. The normalized spacial score (nSPS) is 16.1. The molecule has 0 fully saturated rings. The van der Waals surface area contributed by atoms with Crippen LogP contribution in [0.5, 0.6) is 0 Å². The highest BCUT2D eigenvalue weighted by Gasteiger charge is 2.10. The summed E-state index contributed by atoms with van der Waals surface area (Å²) in [6.07, 6.45) is 4.65. The first-order chi connectivity index (χ1) is 10.5. The predicted octanol–water partition coefficient (Wildman–Crippen LogP) is 3.15. The maximum atomic E-state index is 11.3. The Labute approximate surface area is 135 Å². The smallest absolute Gasteiger partial charge is 0.197 e. The fourth-order valence-corrected chi connectivity index (χ4v) is 2.43. The number of hydrogen-bond donors (Lipinski definition) is 1. The van der Waals surface area contributed by atoms with Crippen LogP contribution in [0, 0.1) is 6.92 Å². The van der Waals surface area contributed by atoms with Crippen molar-refractivity contribution in [3.63, 3.8) is 0 Å². The van der Waals surface area contributed by atoms with Crippen LogP contribution in [0.4, 0.5) is 11.4 Å². The van der Waals surface area contributed by atoms with Crippen molar-refractivity contribution in [2.45, 2.75) is 13.8 Å². The molecule has 0 amide bonds. The maximum absolute atomic E-state index is 11.3. The SMILES string of the molecule is CCN(CCO)c1ccc(/N=C2/C=CC(=O)C(Cl)=C2)c(C)c1. The average Bonchev–Trinajstić information content (AvgIpc) is 2.50. The zero-order chi connectivity index (χ0) is 16.1. The Morgan fingerprint density at radius 1 is 1.32 bits per heavy atom. The number of likely N-dealkylation sites (N-methyl/N-ethyl adjacent to an activating group) is 1. The molecule has 0 saturated carbocycles. The number of nitrogens with zero attached hydrogens (tertiary/aromatic N) is 2. The molecule has 1 aliphatic rings. The van der Waals surface area contributed by atoms with Crippen LogP contribution in [0.15, 0.2) is 46.5 Å². The molecule has 1 aliphatic carbocycles. The quantitative estimate of drug-likeness (QED) is 0.849. The monoisotopic (exact) mass is 318 g/mol. The minimum atomic E-state index is -0.199. The zero-order valence-corrected chi connectivity index (χ0v) is 13.5. The molecule has 0 saturated heterocycles. The Hall–Kier alpha value is -1.91. The van der Waals surface area contributed by atoms with E-state index in [1.165, 1.54) is 6.08 Å². The number of carbonyl (C=O) groups excluding carboxylic acids is 1. The van der Waals surface area contributed by atoms with E-state index in [4.69, 9.17) is 16.7 Å². The minimum absolute atomic E-state index is 0.124. The molecule has 0 atom stereocenters. The van der Waals surface area contributed by atoms with E-state index < -0.39 is 0 Å². The van der Waals surface area contributed by atoms with Gasteiger partial charge in [0.05, 0.1) is 23.0 Å². The van der Waals surface area contributed by atoms with Gasteiger partial charge < -0.3 is 10.0 Å². The molecule has 0 aliphatic heterocycles. The number of ketones is 1. The second-order valence-corrected chi connectivity index (χ2v) is 5.41. The highest BCUT2D eigenvalue weighted by atomic mass is 35.5. The van der Waals surface area contributed by atoms with Gasteiger partial charge in [0.25, 0.3) is 0 Å². The molecule has 0 bridgehead atoms. The third-order valence-corrected chi connectivity index (χ3v) is 3.76. The molecule has 1 aromatic rings. The molecule has 0 unspecified atom stereocenters. The Morgan fingerprint density at radius 3 is 2.68 bits per heavy atom. The Kier molecular flexibility index (Phi) is 5.52. The van der Waals surface area contributed by atoms with Gasteiger partial charge in [0.2, 0.25) is 0 Å². The summed E-state index contributed by atoms with van der Waals surface area (Å²) in [7, 11) is 0. The van der Waals surface area contributed by atoms with E-state index >= 15 is 0 Å². The van der Waals surface area contributed by atoms with Crippen LogP contribution < -0.4 is 4.90 Å². The van der Waals surface area contributed by atoms with E-state index in [0.29, 0.717) is 12.3 Å². The molecule has 1 aromatic carbocycles. The van der Waals surface area contributed by atoms with Gasteiger partial charge in [-0.15, -0.1) is 0 Å². The van der Waals surface area contributed by atoms with Crippen LogP contribution in [-0.2, 0) is 4.79 Å². The molecular formula is C17H19ClN2O2. The highest BCUT2D eigenvalue weighted by molar-refractivity contribution is 6.47. The van der Waals surface area contributed by atoms with Crippen molar-refractivity contribution >= 4 is 34.5 Å². The van der Waals surface area contributed by atoms with Crippen molar-refractivity contribution in [2.24, 2.45) is 4.99 Å². The van der Waals surface area contributed by atoms with Gasteiger partial charge in [-0.3, -0.25) is 4.79 Å². The Morgan fingerprint density at radius 2 is 2.09 bits per heavy atom. The van der Waals surface area contributed by atoms with Crippen molar-refractivity contribution < 1.29 is 9.90 Å². The fraction of sp³-hybridized carbons (Fsp3) is 0.294. The zero-order valence-electron chi connectivity index (χ0n) is 12.7. The summed E-state index contributed by atoms with van der Waals surface area (Å²) in [6.45, 7) is 5.59. The number of hydrogen-bond acceptors (Lipinski definition) is 4. The molecule has 0 aromatic heterocycles. The van der Waals surface area contributed by atoms with Gasteiger partial charge >= 0.3 is 0 Å².